The summed E-state index contributed by atoms with van der Waals surface area (Å²) in [7, 11) is 0. The first-order valence-corrected chi connectivity index (χ1v) is 27.2. The van der Waals surface area contributed by atoms with Gasteiger partial charge >= 0.3 is 5.97 Å². The highest BCUT2D eigenvalue weighted by atomic mass is 16.7. The van der Waals surface area contributed by atoms with E-state index in [-0.39, 0.29) is 19.6 Å². The zero-order chi connectivity index (χ0) is 50.2. The normalized spacial score (nSPS) is 26.0. The lowest BCUT2D eigenvalue weighted by molar-refractivity contribution is -0.332. The minimum atomic E-state index is -1.71. The van der Waals surface area contributed by atoms with Gasteiger partial charge in [0.25, 0.3) is 0 Å². The lowest BCUT2D eigenvalue weighted by Crippen LogP contribution is -2.61. The zero-order valence-electron chi connectivity index (χ0n) is 42.8. The van der Waals surface area contributed by atoms with Gasteiger partial charge in [0, 0.05) is 13.0 Å². The van der Waals surface area contributed by atoms with Gasteiger partial charge in [0.05, 0.1) is 26.4 Å². The molecule has 2 fully saturated rings. The van der Waals surface area contributed by atoms with Crippen molar-refractivity contribution in [2.45, 2.75) is 261 Å². The standard InChI is InChI=1S/C55H98O14/c1-3-5-7-9-11-13-15-17-18-19-20-21-22-23-24-25-27-29-31-33-35-37-39-64-41-44(67-47(57)38-36-34-32-30-28-26-16-14-12-10-8-6-4-2)42-65-54-53(63)51(61)49(59)46(69-54)43-66-55-52(62)50(60)48(58)45(40-56)68-55/h6,8,12,14,19-20,26,28,44-46,48-56,58-63H,3-5,7,9-11,13,15-18,21-25,27,29-43H2,1-2H3/b8-6-,14-12-,20-19-,28-26-. The molecule has 0 aromatic heterocycles. The third-order valence-corrected chi connectivity index (χ3v) is 12.8. The van der Waals surface area contributed by atoms with Crippen molar-refractivity contribution in [3.8, 4) is 0 Å². The Morgan fingerprint density at radius 1 is 0.493 bits per heavy atom. The fourth-order valence-electron chi connectivity index (χ4n) is 8.41. The number of aliphatic hydroxyl groups excluding tert-OH is 7. The average Bonchev–Trinajstić information content (AvgIpc) is 3.35. The second kappa shape index (κ2) is 42.5. The van der Waals surface area contributed by atoms with Gasteiger partial charge in [-0.3, -0.25) is 4.79 Å². The molecule has 2 rings (SSSR count). The number of ether oxygens (including phenoxy) is 6. The quantitative estimate of drug-likeness (QED) is 0.0173. The highest BCUT2D eigenvalue weighted by Gasteiger charge is 2.47. The van der Waals surface area contributed by atoms with Gasteiger partial charge in [0.2, 0.25) is 0 Å². The number of unbranched alkanes of at least 4 members (excludes halogenated alkanes) is 21. The van der Waals surface area contributed by atoms with Crippen molar-refractivity contribution < 1.29 is 69.0 Å². The number of carbonyl (C=O) groups excluding carboxylic acids is 1. The molecule has 0 aromatic rings. The molecular weight excluding hydrogens is 885 g/mol. The van der Waals surface area contributed by atoms with Crippen LogP contribution in [0.3, 0.4) is 0 Å². The highest BCUT2D eigenvalue weighted by molar-refractivity contribution is 5.69. The Hall–Kier alpha value is -2.05. The number of allylic oxidation sites excluding steroid dienone is 8. The SMILES string of the molecule is CC/C=C\C/C=C\C/C=C\CCCCCC(=O)OC(COCCCCCCCCCCCC/C=C\CCCCCCCCCC)COC1OC(COC2OC(CO)C(O)C(O)C2O)C(O)C(O)C1O. The summed E-state index contributed by atoms with van der Waals surface area (Å²) < 4.78 is 34.3. The van der Waals surface area contributed by atoms with E-state index < -0.39 is 86.7 Å². The van der Waals surface area contributed by atoms with Crippen LogP contribution in [0.25, 0.3) is 0 Å². The zero-order valence-corrected chi connectivity index (χ0v) is 42.8. The molecule has 11 atom stereocenters. The molecule has 2 aliphatic heterocycles. The van der Waals surface area contributed by atoms with E-state index in [9.17, 15) is 40.5 Å². The molecule has 0 amide bonds. The number of carbonyl (C=O) groups is 1. The minimum Gasteiger partial charge on any atom is -0.457 e. The summed E-state index contributed by atoms with van der Waals surface area (Å²) in [5.74, 6) is -0.405. The first-order chi connectivity index (χ1) is 33.6. The van der Waals surface area contributed by atoms with Crippen LogP contribution in [0, 0.1) is 0 Å². The van der Waals surface area contributed by atoms with Crippen LogP contribution < -0.4 is 0 Å². The molecule has 0 spiro atoms. The van der Waals surface area contributed by atoms with Gasteiger partial charge in [-0.1, -0.05) is 165 Å². The van der Waals surface area contributed by atoms with Crippen LogP contribution in [-0.4, -0.2) is 142 Å². The molecule has 0 bridgehead atoms. The van der Waals surface area contributed by atoms with E-state index in [0.29, 0.717) is 13.0 Å². The first kappa shape index (κ1) is 63.1. The molecule has 14 nitrogen and oxygen atoms in total. The van der Waals surface area contributed by atoms with Crippen LogP contribution in [0.2, 0.25) is 0 Å². The van der Waals surface area contributed by atoms with E-state index in [2.05, 4.69) is 62.5 Å². The monoisotopic (exact) mass is 983 g/mol. The van der Waals surface area contributed by atoms with Gasteiger partial charge in [0.15, 0.2) is 12.6 Å². The molecule has 2 heterocycles. The summed E-state index contributed by atoms with van der Waals surface area (Å²) in [6.07, 6.45) is 33.3. The lowest BCUT2D eigenvalue weighted by Gasteiger charge is -2.42. The van der Waals surface area contributed by atoms with E-state index in [1.54, 1.807) is 0 Å². The molecule has 0 saturated carbocycles. The Balaban J connectivity index is 1.72. The molecular formula is C55H98O14. The van der Waals surface area contributed by atoms with Crippen LogP contribution in [0.5, 0.6) is 0 Å². The predicted octanol–water partition coefficient (Wildman–Crippen LogP) is 8.74. The van der Waals surface area contributed by atoms with Crippen molar-refractivity contribution in [3.63, 3.8) is 0 Å². The van der Waals surface area contributed by atoms with Crippen molar-refractivity contribution in [3.05, 3.63) is 48.6 Å². The van der Waals surface area contributed by atoms with Crippen LogP contribution in [0.4, 0.5) is 0 Å². The van der Waals surface area contributed by atoms with Crippen LogP contribution in [0.1, 0.15) is 194 Å². The lowest BCUT2D eigenvalue weighted by atomic mass is 9.98. The third-order valence-electron chi connectivity index (χ3n) is 12.8. The molecule has 2 saturated heterocycles. The van der Waals surface area contributed by atoms with Gasteiger partial charge in [-0.25, -0.2) is 0 Å². The summed E-state index contributed by atoms with van der Waals surface area (Å²) in [4.78, 5) is 13.0. The fraction of sp³-hybridized carbons (Fsp3) is 0.836. The molecule has 0 aliphatic carbocycles. The van der Waals surface area contributed by atoms with Crippen LogP contribution in [-0.2, 0) is 33.2 Å². The Kier molecular flexibility index (Phi) is 38.8. The van der Waals surface area contributed by atoms with E-state index in [0.717, 1.165) is 57.8 Å². The summed E-state index contributed by atoms with van der Waals surface area (Å²) >= 11 is 0. The van der Waals surface area contributed by atoms with E-state index >= 15 is 0 Å². The highest BCUT2D eigenvalue weighted by Crippen LogP contribution is 2.26. The van der Waals surface area contributed by atoms with Crippen molar-refractivity contribution in [2.24, 2.45) is 0 Å². The summed E-state index contributed by atoms with van der Waals surface area (Å²) in [6.45, 7) is 3.53. The van der Waals surface area contributed by atoms with Gasteiger partial charge in [-0.15, -0.1) is 0 Å². The van der Waals surface area contributed by atoms with E-state index in [1.165, 1.54) is 109 Å². The Morgan fingerprint density at radius 2 is 0.942 bits per heavy atom. The van der Waals surface area contributed by atoms with Crippen molar-refractivity contribution in [1.29, 1.82) is 0 Å². The second-order valence-electron chi connectivity index (χ2n) is 19.0. The summed E-state index contributed by atoms with van der Waals surface area (Å²) in [5, 5.41) is 72.2. The Labute approximate surface area is 416 Å². The van der Waals surface area contributed by atoms with Crippen molar-refractivity contribution in [1.82, 2.24) is 0 Å². The van der Waals surface area contributed by atoms with E-state index in [4.69, 9.17) is 28.4 Å². The fourth-order valence-corrected chi connectivity index (χ4v) is 8.41. The maximum atomic E-state index is 13.0. The Morgan fingerprint density at radius 3 is 1.49 bits per heavy atom. The molecule has 7 N–H and O–H groups in total. The molecule has 0 aromatic carbocycles. The number of rotatable bonds is 43. The topological polar surface area (TPSA) is 214 Å². The van der Waals surface area contributed by atoms with Gasteiger partial charge in [0.1, 0.15) is 54.9 Å². The summed E-state index contributed by atoms with van der Waals surface area (Å²) in [6, 6.07) is 0. The summed E-state index contributed by atoms with van der Waals surface area (Å²) in [5.41, 5.74) is 0. The molecule has 2 aliphatic rings. The second-order valence-corrected chi connectivity index (χ2v) is 19.0. The number of hydrogen-bond acceptors (Lipinski definition) is 14. The maximum absolute atomic E-state index is 13.0. The molecule has 0 radical (unpaired) electrons. The largest absolute Gasteiger partial charge is 0.457 e. The Bertz CT molecular complexity index is 1320. The maximum Gasteiger partial charge on any atom is 0.306 e. The van der Waals surface area contributed by atoms with Gasteiger partial charge in [-0.2, -0.15) is 0 Å². The van der Waals surface area contributed by atoms with Gasteiger partial charge < -0.3 is 64.2 Å². The van der Waals surface area contributed by atoms with Crippen LogP contribution >= 0.6 is 0 Å². The van der Waals surface area contributed by atoms with E-state index in [1.807, 2.05) is 0 Å². The van der Waals surface area contributed by atoms with Gasteiger partial charge in [-0.05, 0) is 70.6 Å². The smallest absolute Gasteiger partial charge is 0.306 e. The number of aliphatic hydroxyl groups is 7. The third kappa shape index (κ3) is 29.9. The number of esters is 1. The average molecular weight is 983 g/mol. The number of hydrogen-bond donors (Lipinski definition) is 7. The first-order valence-electron chi connectivity index (χ1n) is 27.2. The molecule has 69 heavy (non-hydrogen) atoms. The predicted molar refractivity (Wildman–Crippen MR) is 270 cm³/mol. The van der Waals surface area contributed by atoms with Crippen LogP contribution in [0.15, 0.2) is 48.6 Å². The van der Waals surface area contributed by atoms with Crippen molar-refractivity contribution in [2.75, 3.05) is 33.0 Å². The molecule has 402 valence electrons. The van der Waals surface area contributed by atoms with Crippen molar-refractivity contribution >= 4 is 5.97 Å². The molecule has 11 unspecified atom stereocenters. The molecule has 14 heteroatoms. The minimum absolute atomic E-state index is 0.0482.